The van der Waals surface area contributed by atoms with Crippen LogP contribution in [-0.2, 0) is 9.59 Å². The van der Waals surface area contributed by atoms with Crippen molar-refractivity contribution >= 4 is 23.2 Å². The van der Waals surface area contributed by atoms with E-state index < -0.39 is 23.2 Å². The molecule has 1 N–H and O–H groups in total. The first kappa shape index (κ1) is 18.6. The molecule has 0 aromatic heterocycles. The molecule has 132 valence electrons. The van der Waals surface area contributed by atoms with Crippen LogP contribution in [-0.4, -0.2) is 18.4 Å². The highest BCUT2D eigenvalue weighted by Crippen LogP contribution is 2.23. The zero-order valence-corrected chi connectivity index (χ0v) is 14.4. The Hall–Kier alpha value is -2.76. The largest absolute Gasteiger partial charge is 0.321 e. The number of para-hydroxylation sites is 1. The van der Waals surface area contributed by atoms with Gasteiger partial charge in [0.05, 0.1) is 0 Å². The number of hydrogen-bond acceptors (Lipinski definition) is 2. The van der Waals surface area contributed by atoms with Gasteiger partial charge >= 0.3 is 0 Å². The Bertz CT molecular complexity index is 786. The van der Waals surface area contributed by atoms with Crippen LogP contribution in [0.4, 0.5) is 20.2 Å². The van der Waals surface area contributed by atoms with E-state index in [0.29, 0.717) is 0 Å². The molecule has 0 atom stereocenters. The quantitative estimate of drug-likeness (QED) is 0.891. The van der Waals surface area contributed by atoms with E-state index in [1.807, 2.05) is 32.0 Å². The molecule has 0 saturated carbocycles. The van der Waals surface area contributed by atoms with Gasteiger partial charge in [0.2, 0.25) is 11.8 Å². The molecule has 2 amide bonds. The molecule has 25 heavy (non-hydrogen) atoms. The summed E-state index contributed by atoms with van der Waals surface area (Å²) in [6.07, 6.45) is -0.0826. The summed E-state index contributed by atoms with van der Waals surface area (Å²) in [6, 6.07) is 9.05. The second-order valence-electron chi connectivity index (χ2n) is 5.86. The van der Waals surface area contributed by atoms with Crippen molar-refractivity contribution in [3.8, 4) is 0 Å². The molecule has 2 rings (SSSR count). The topological polar surface area (TPSA) is 49.4 Å². The van der Waals surface area contributed by atoms with E-state index in [0.717, 1.165) is 28.9 Å². The Labute approximate surface area is 145 Å². The van der Waals surface area contributed by atoms with Crippen LogP contribution in [0.25, 0.3) is 0 Å². The Morgan fingerprint density at radius 1 is 1.08 bits per heavy atom. The molecule has 0 radical (unpaired) electrons. The Kier molecular flexibility index (Phi) is 5.85. The summed E-state index contributed by atoms with van der Waals surface area (Å²) in [7, 11) is 0. The van der Waals surface area contributed by atoms with Crippen LogP contribution in [0.5, 0.6) is 0 Å². The molecule has 0 unspecified atom stereocenters. The van der Waals surface area contributed by atoms with Crippen molar-refractivity contribution in [2.75, 3.05) is 16.8 Å². The summed E-state index contributed by atoms with van der Waals surface area (Å²) in [5.41, 5.74) is 2.14. The van der Waals surface area contributed by atoms with Crippen LogP contribution in [0, 0.1) is 25.5 Å². The molecule has 0 aliphatic rings. The van der Waals surface area contributed by atoms with Gasteiger partial charge < -0.3 is 10.2 Å². The van der Waals surface area contributed by atoms with E-state index in [9.17, 15) is 18.4 Å². The predicted molar refractivity (Wildman–Crippen MR) is 93.5 cm³/mol. The molecule has 0 fully saturated rings. The molecule has 0 heterocycles. The number of rotatable bonds is 5. The van der Waals surface area contributed by atoms with E-state index in [1.165, 1.54) is 17.9 Å². The molecular weight excluding hydrogens is 326 g/mol. The van der Waals surface area contributed by atoms with E-state index in [4.69, 9.17) is 0 Å². The standard InChI is InChI=1S/C19H20F2N2O2/c1-12-7-8-13(2)17(11-12)23(14(3)24)10-9-18(25)22-19-15(20)5-4-6-16(19)21/h4-8,11H,9-10H2,1-3H3,(H,22,25). The molecule has 4 nitrogen and oxygen atoms in total. The molecule has 0 saturated heterocycles. The summed E-state index contributed by atoms with van der Waals surface area (Å²) in [6.45, 7) is 5.31. The van der Waals surface area contributed by atoms with Crippen LogP contribution in [0.15, 0.2) is 36.4 Å². The fraction of sp³-hybridized carbons (Fsp3) is 0.263. The van der Waals surface area contributed by atoms with Gasteiger partial charge in [-0.15, -0.1) is 0 Å². The maximum absolute atomic E-state index is 13.6. The molecule has 2 aromatic carbocycles. The lowest BCUT2D eigenvalue weighted by atomic mass is 10.1. The summed E-state index contributed by atoms with van der Waals surface area (Å²) in [5, 5.41) is 2.22. The minimum atomic E-state index is -0.841. The predicted octanol–water partition coefficient (Wildman–Crippen LogP) is 3.96. The normalized spacial score (nSPS) is 10.4. The summed E-state index contributed by atoms with van der Waals surface area (Å²) in [5.74, 6) is -2.46. The number of hydrogen-bond donors (Lipinski definition) is 1. The van der Waals surface area contributed by atoms with Crippen molar-refractivity contribution in [1.29, 1.82) is 0 Å². The number of amides is 2. The first-order valence-electron chi connectivity index (χ1n) is 7.89. The SMILES string of the molecule is CC(=O)N(CCC(=O)Nc1c(F)cccc1F)c1cc(C)ccc1C. The zero-order chi connectivity index (χ0) is 18.6. The third-order valence-corrected chi connectivity index (χ3v) is 3.83. The molecule has 2 aromatic rings. The highest BCUT2D eigenvalue weighted by molar-refractivity contribution is 5.95. The number of anilines is 2. The van der Waals surface area contributed by atoms with Gasteiger partial charge in [-0.3, -0.25) is 9.59 Å². The highest BCUT2D eigenvalue weighted by Gasteiger charge is 2.17. The maximum Gasteiger partial charge on any atom is 0.226 e. The minimum absolute atomic E-state index is 0.0826. The third kappa shape index (κ3) is 4.62. The van der Waals surface area contributed by atoms with Crippen molar-refractivity contribution in [3.63, 3.8) is 0 Å². The molecule has 0 aliphatic carbocycles. The maximum atomic E-state index is 13.6. The van der Waals surface area contributed by atoms with E-state index in [-0.39, 0.29) is 18.9 Å². The van der Waals surface area contributed by atoms with Crippen molar-refractivity contribution in [1.82, 2.24) is 0 Å². The smallest absolute Gasteiger partial charge is 0.226 e. The summed E-state index contributed by atoms with van der Waals surface area (Å²) < 4.78 is 27.2. The van der Waals surface area contributed by atoms with Crippen LogP contribution in [0.1, 0.15) is 24.5 Å². The molecule has 0 spiro atoms. The second-order valence-corrected chi connectivity index (χ2v) is 5.86. The summed E-state index contributed by atoms with van der Waals surface area (Å²) >= 11 is 0. The number of nitrogens with one attached hydrogen (secondary N) is 1. The Morgan fingerprint density at radius 3 is 2.32 bits per heavy atom. The summed E-state index contributed by atoms with van der Waals surface area (Å²) in [4.78, 5) is 25.5. The van der Waals surface area contributed by atoms with Gasteiger partial charge in [0.25, 0.3) is 0 Å². The molecule has 0 aliphatic heterocycles. The molecule has 6 heteroatoms. The van der Waals surface area contributed by atoms with E-state index >= 15 is 0 Å². The van der Waals surface area contributed by atoms with Gasteiger partial charge in [0, 0.05) is 25.6 Å². The van der Waals surface area contributed by atoms with Crippen molar-refractivity contribution in [3.05, 3.63) is 59.2 Å². The van der Waals surface area contributed by atoms with Crippen LogP contribution >= 0.6 is 0 Å². The first-order valence-corrected chi connectivity index (χ1v) is 7.89. The van der Waals surface area contributed by atoms with E-state index in [2.05, 4.69) is 5.32 Å². The highest BCUT2D eigenvalue weighted by atomic mass is 19.1. The van der Waals surface area contributed by atoms with Crippen molar-refractivity contribution < 1.29 is 18.4 Å². The van der Waals surface area contributed by atoms with Gasteiger partial charge in [-0.1, -0.05) is 18.2 Å². The Morgan fingerprint density at radius 2 is 1.72 bits per heavy atom. The van der Waals surface area contributed by atoms with Crippen molar-refractivity contribution in [2.45, 2.75) is 27.2 Å². The minimum Gasteiger partial charge on any atom is -0.321 e. The lowest BCUT2D eigenvalue weighted by molar-refractivity contribution is -0.117. The zero-order valence-electron chi connectivity index (χ0n) is 14.4. The molecule has 0 bridgehead atoms. The second kappa shape index (κ2) is 7.88. The monoisotopic (exact) mass is 346 g/mol. The van der Waals surface area contributed by atoms with Gasteiger partial charge in [0.15, 0.2) is 0 Å². The number of carbonyl (C=O) groups excluding carboxylic acids is 2. The number of halogens is 2. The average Bonchev–Trinajstić information content (AvgIpc) is 2.54. The fourth-order valence-corrected chi connectivity index (χ4v) is 2.49. The van der Waals surface area contributed by atoms with Crippen LogP contribution in [0.3, 0.4) is 0 Å². The van der Waals surface area contributed by atoms with E-state index in [1.54, 1.807) is 0 Å². The number of nitrogens with zero attached hydrogens (tertiary/aromatic N) is 1. The number of benzene rings is 2. The van der Waals surface area contributed by atoms with Gasteiger partial charge in [-0.05, 0) is 43.2 Å². The van der Waals surface area contributed by atoms with Gasteiger partial charge in [0.1, 0.15) is 17.3 Å². The number of carbonyl (C=O) groups is 2. The Balaban J connectivity index is 2.10. The van der Waals surface area contributed by atoms with Gasteiger partial charge in [-0.2, -0.15) is 0 Å². The van der Waals surface area contributed by atoms with Crippen molar-refractivity contribution in [2.24, 2.45) is 0 Å². The average molecular weight is 346 g/mol. The molecular formula is C19H20F2N2O2. The lowest BCUT2D eigenvalue weighted by Gasteiger charge is -2.23. The lowest BCUT2D eigenvalue weighted by Crippen LogP contribution is -2.32. The third-order valence-electron chi connectivity index (χ3n) is 3.83. The van der Waals surface area contributed by atoms with Gasteiger partial charge in [-0.25, -0.2) is 8.78 Å². The fourth-order valence-electron chi connectivity index (χ4n) is 2.49. The number of aryl methyl sites for hydroxylation is 2. The van der Waals surface area contributed by atoms with Crippen LogP contribution < -0.4 is 10.2 Å². The first-order chi connectivity index (χ1) is 11.8. The van der Waals surface area contributed by atoms with Crippen LogP contribution in [0.2, 0.25) is 0 Å².